The number of esters is 1. The number of amides is 1. The molecule has 0 unspecified atom stereocenters. The van der Waals surface area contributed by atoms with Gasteiger partial charge >= 0.3 is 5.97 Å². The Morgan fingerprint density at radius 2 is 2.14 bits per heavy atom. The standard InChI is InChI=1S/C16H19NO5/c1-10(16(20)17-12-5-6-12)22-15(19)8-4-11-3-7-13(18)14(9-11)21-2/h3-4,7-10,12,18H,5-6H2,1-2H3,(H,17,20)/b8-4+/t10-/m1/s1. The minimum atomic E-state index is -0.827. The van der Waals surface area contributed by atoms with E-state index in [9.17, 15) is 14.7 Å². The van der Waals surface area contributed by atoms with E-state index < -0.39 is 12.1 Å². The molecule has 0 radical (unpaired) electrons. The number of aromatic hydroxyl groups is 1. The third-order valence-electron chi connectivity index (χ3n) is 3.20. The molecule has 2 rings (SSSR count). The van der Waals surface area contributed by atoms with Gasteiger partial charge in [-0.15, -0.1) is 0 Å². The second-order valence-corrected chi connectivity index (χ2v) is 5.13. The molecule has 1 saturated carbocycles. The summed E-state index contributed by atoms with van der Waals surface area (Å²) in [6, 6.07) is 4.91. The Morgan fingerprint density at radius 3 is 2.77 bits per heavy atom. The molecule has 118 valence electrons. The molecule has 0 aliphatic heterocycles. The molecule has 0 heterocycles. The molecule has 1 amide bonds. The van der Waals surface area contributed by atoms with Crippen LogP contribution in [-0.2, 0) is 14.3 Å². The molecule has 1 fully saturated rings. The number of methoxy groups -OCH3 is 1. The van der Waals surface area contributed by atoms with Gasteiger partial charge in [0.05, 0.1) is 7.11 Å². The van der Waals surface area contributed by atoms with E-state index in [1.165, 1.54) is 32.3 Å². The van der Waals surface area contributed by atoms with E-state index in [0.29, 0.717) is 11.3 Å². The van der Waals surface area contributed by atoms with E-state index >= 15 is 0 Å². The highest BCUT2D eigenvalue weighted by Crippen LogP contribution is 2.26. The van der Waals surface area contributed by atoms with Crippen LogP contribution in [0.4, 0.5) is 0 Å². The first kappa shape index (κ1) is 15.9. The maximum Gasteiger partial charge on any atom is 0.331 e. The third kappa shape index (κ3) is 4.51. The van der Waals surface area contributed by atoms with Gasteiger partial charge in [0, 0.05) is 12.1 Å². The molecule has 0 saturated heterocycles. The van der Waals surface area contributed by atoms with Crippen LogP contribution in [0.25, 0.3) is 6.08 Å². The normalized spacial score (nSPS) is 15.4. The summed E-state index contributed by atoms with van der Waals surface area (Å²) in [6.45, 7) is 1.53. The number of hydrogen-bond acceptors (Lipinski definition) is 5. The zero-order valence-electron chi connectivity index (χ0n) is 12.5. The Morgan fingerprint density at radius 1 is 1.41 bits per heavy atom. The Kier molecular flexibility index (Phi) is 5.04. The van der Waals surface area contributed by atoms with Gasteiger partial charge in [0.2, 0.25) is 0 Å². The molecule has 0 spiro atoms. The number of hydrogen-bond donors (Lipinski definition) is 2. The predicted octanol–water partition coefficient (Wildman–Crippen LogP) is 1.62. The monoisotopic (exact) mass is 305 g/mol. The lowest BCUT2D eigenvalue weighted by molar-refractivity contribution is -0.150. The second kappa shape index (κ2) is 6.98. The van der Waals surface area contributed by atoms with Gasteiger partial charge in [-0.25, -0.2) is 4.79 Å². The fraction of sp³-hybridized carbons (Fsp3) is 0.375. The van der Waals surface area contributed by atoms with Crippen LogP contribution in [0.1, 0.15) is 25.3 Å². The lowest BCUT2D eigenvalue weighted by Crippen LogP contribution is -2.36. The smallest absolute Gasteiger partial charge is 0.331 e. The highest BCUT2D eigenvalue weighted by atomic mass is 16.5. The summed E-state index contributed by atoms with van der Waals surface area (Å²) in [7, 11) is 1.44. The molecular formula is C16H19NO5. The van der Waals surface area contributed by atoms with Crippen molar-refractivity contribution in [2.24, 2.45) is 0 Å². The number of ether oxygens (including phenoxy) is 2. The largest absolute Gasteiger partial charge is 0.504 e. The second-order valence-electron chi connectivity index (χ2n) is 5.13. The first-order valence-corrected chi connectivity index (χ1v) is 7.05. The molecular weight excluding hydrogens is 286 g/mol. The van der Waals surface area contributed by atoms with Crippen LogP contribution < -0.4 is 10.1 Å². The fourth-order valence-electron chi connectivity index (χ4n) is 1.78. The summed E-state index contributed by atoms with van der Waals surface area (Å²) >= 11 is 0. The molecule has 1 aromatic carbocycles. The van der Waals surface area contributed by atoms with E-state index in [0.717, 1.165) is 12.8 Å². The first-order valence-electron chi connectivity index (χ1n) is 7.05. The summed E-state index contributed by atoms with van der Waals surface area (Å²) in [4.78, 5) is 23.4. The average Bonchev–Trinajstić information content (AvgIpc) is 3.30. The Hall–Kier alpha value is -2.50. The van der Waals surface area contributed by atoms with Crippen molar-refractivity contribution in [3.05, 3.63) is 29.8 Å². The van der Waals surface area contributed by atoms with Crippen LogP contribution in [0, 0.1) is 0 Å². The van der Waals surface area contributed by atoms with Gasteiger partial charge in [0.1, 0.15) is 0 Å². The Balaban J connectivity index is 1.88. The van der Waals surface area contributed by atoms with Crippen molar-refractivity contribution >= 4 is 18.0 Å². The molecule has 2 N–H and O–H groups in total. The van der Waals surface area contributed by atoms with Gasteiger partial charge in [-0.1, -0.05) is 6.07 Å². The van der Waals surface area contributed by atoms with Crippen molar-refractivity contribution in [3.8, 4) is 11.5 Å². The minimum absolute atomic E-state index is 0.0209. The topological polar surface area (TPSA) is 84.9 Å². The van der Waals surface area contributed by atoms with Crippen molar-refractivity contribution < 1.29 is 24.2 Å². The number of phenols is 1. The lowest BCUT2D eigenvalue weighted by atomic mass is 10.2. The van der Waals surface area contributed by atoms with Crippen molar-refractivity contribution in [2.45, 2.75) is 31.9 Å². The number of benzene rings is 1. The summed E-state index contributed by atoms with van der Waals surface area (Å²) in [6.07, 6.45) is 3.89. The van der Waals surface area contributed by atoms with Gasteiger partial charge in [-0.05, 0) is 43.5 Å². The van der Waals surface area contributed by atoms with Crippen LogP contribution in [-0.4, -0.2) is 36.2 Å². The number of phenolic OH excluding ortho intramolecular Hbond substituents is 1. The maximum atomic E-state index is 11.7. The zero-order chi connectivity index (χ0) is 16.1. The van der Waals surface area contributed by atoms with E-state index in [1.807, 2.05) is 0 Å². The highest BCUT2D eigenvalue weighted by Gasteiger charge is 2.26. The summed E-state index contributed by atoms with van der Waals surface area (Å²) in [5.74, 6) is -0.554. The van der Waals surface area contributed by atoms with Crippen LogP contribution >= 0.6 is 0 Å². The number of nitrogens with one attached hydrogen (secondary N) is 1. The SMILES string of the molecule is COc1cc(/C=C/C(=O)O[C@H](C)C(=O)NC2CC2)ccc1O. The molecule has 1 aromatic rings. The van der Waals surface area contributed by atoms with Crippen LogP contribution in [0.5, 0.6) is 11.5 Å². The molecule has 22 heavy (non-hydrogen) atoms. The van der Waals surface area contributed by atoms with Crippen molar-refractivity contribution in [2.75, 3.05) is 7.11 Å². The first-order chi connectivity index (χ1) is 10.5. The summed E-state index contributed by atoms with van der Waals surface area (Å²) in [5, 5.41) is 12.3. The van der Waals surface area contributed by atoms with Gasteiger partial charge in [0.25, 0.3) is 5.91 Å². The molecule has 0 bridgehead atoms. The predicted molar refractivity (Wildman–Crippen MR) is 80.4 cm³/mol. The quantitative estimate of drug-likeness (QED) is 0.616. The average molecular weight is 305 g/mol. The van der Waals surface area contributed by atoms with Gasteiger partial charge in [0.15, 0.2) is 17.6 Å². The van der Waals surface area contributed by atoms with Crippen LogP contribution in [0.15, 0.2) is 24.3 Å². The number of carbonyl (C=O) groups excluding carboxylic acids is 2. The number of rotatable bonds is 6. The molecule has 6 nitrogen and oxygen atoms in total. The highest BCUT2D eigenvalue weighted by molar-refractivity contribution is 5.90. The lowest BCUT2D eigenvalue weighted by Gasteiger charge is -2.11. The zero-order valence-corrected chi connectivity index (χ0v) is 12.5. The van der Waals surface area contributed by atoms with Crippen LogP contribution in [0.3, 0.4) is 0 Å². The van der Waals surface area contributed by atoms with E-state index in [4.69, 9.17) is 9.47 Å². The molecule has 1 atom stereocenters. The van der Waals surface area contributed by atoms with E-state index in [2.05, 4.69) is 5.32 Å². The molecule has 6 heteroatoms. The molecule has 1 aliphatic carbocycles. The third-order valence-corrected chi connectivity index (χ3v) is 3.20. The van der Waals surface area contributed by atoms with Crippen molar-refractivity contribution in [1.82, 2.24) is 5.32 Å². The van der Waals surface area contributed by atoms with Gasteiger partial charge < -0.3 is 19.9 Å². The fourth-order valence-corrected chi connectivity index (χ4v) is 1.78. The Labute approximate surface area is 128 Å². The molecule has 0 aromatic heterocycles. The van der Waals surface area contributed by atoms with Crippen molar-refractivity contribution in [1.29, 1.82) is 0 Å². The van der Waals surface area contributed by atoms with E-state index in [1.54, 1.807) is 12.1 Å². The maximum absolute atomic E-state index is 11.7. The van der Waals surface area contributed by atoms with Crippen LogP contribution in [0.2, 0.25) is 0 Å². The summed E-state index contributed by atoms with van der Waals surface area (Å²) < 4.78 is 10.0. The Bertz CT molecular complexity index is 592. The molecule has 1 aliphatic rings. The van der Waals surface area contributed by atoms with Crippen molar-refractivity contribution in [3.63, 3.8) is 0 Å². The van der Waals surface area contributed by atoms with Gasteiger partial charge in [-0.2, -0.15) is 0 Å². The number of carbonyl (C=O) groups is 2. The van der Waals surface area contributed by atoms with E-state index in [-0.39, 0.29) is 17.7 Å². The van der Waals surface area contributed by atoms with Gasteiger partial charge in [-0.3, -0.25) is 4.79 Å². The minimum Gasteiger partial charge on any atom is -0.504 e. The summed E-state index contributed by atoms with van der Waals surface area (Å²) in [5.41, 5.74) is 0.668.